The standard InChI is InChI=1S/C59H39N3/c1-59(2)51-33-31-41(35-50(51)54-44-18-7-4-14-37(44)30-34-52(54)59)46-22-12-23-47-48-32-29-38-15-5-8-19-45(38)56(48)62(57(46)47)58-60-53-24-10-9-20-49(53)55(61-58)40-27-25-39(26-28-40)43-21-11-16-36-13-3-6-17-42(36)43/h3-35H,1-2H3. The molecule has 0 radical (unpaired) electrons. The molecule has 1 aliphatic carbocycles. The molecule has 2 aromatic heterocycles. The highest BCUT2D eigenvalue weighted by atomic mass is 15.2. The summed E-state index contributed by atoms with van der Waals surface area (Å²) in [7, 11) is 0. The third-order valence-electron chi connectivity index (χ3n) is 13.6. The monoisotopic (exact) mass is 789 g/mol. The Morgan fingerprint density at radius 3 is 1.76 bits per heavy atom. The van der Waals surface area contributed by atoms with Gasteiger partial charge in [-0.1, -0.05) is 202 Å². The van der Waals surface area contributed by atoms with Crippen LogP contribution in [0.4, 0.5) is 0 Å². The summed E-state index contributed by atoms with van der Waals surface area (Å²) >= 11 is 0. The Hall–Kier alpha value is -7.88. The third-order valence-corrected chi connectivity index (χ3v) is 13.6. The second kappa shape index (κ2) is 13.1. The lowest BCUT2D eigenvalue weighted by Crippen LogP contribution is -2.14. The molecule has 3 heteroatoms. The molecule has 290 valence electrons. The molecule has 3 nitrogen and oxygen atoms in total. The van der Waals surface area contributed by atoms with Gasteiger partial charge >= 0.3 is 0 Å². The molecular weight excluding hydrogens is 751 g/mol. The first-order valence-corrected chi connectivity index (χ1v) is 21.5. The van der Waals surface area contributed by atoms with Crippen molar-refractivity contribution in [3.05, 3.63) is 211 Å². The second-order valence-corrected chi connectivity index (χ2v) is 17.3. The minimum Gasteiger partial charge on any atom is -0.277 e. The number of para-hydroxylation sites is 2. The van der Waals surface area contributed by atoms with E-state index in [1.807, 2.05) is 0 Å². The van der Waals surface area contributed by atoms with Crippen LogP contribution < -0.4 is 0 Å². The Labute approximate surface area is 359 Å². The van der Waals surface area contributed by atoms with Crippen molar-refractivity contribution in [2.45, 2.75) is 19.3 Å². The maximum atomic E-state index is 5.60. The molecule has 0 aliphatic heterocycles. The molecule has 0 N–H and O–H groups in total. The van der Waals surface area contributed by atoms with E-state index in [-0.39, 0.29) is 5.41 Å². The van der Waals surface area contributed by atoms with Gasteiger partial charge in [0.05, 0.1) is 22.2 Å². The van der Waals surface area contributed by atoms with E-state index in [0.717, 1.165) is 38.8 Å². The summed E-state index contributed by atoms with van der Waals surface area (Å²) in [5, 5.41) is 10.8. The maximum Gasteiger partial charge on any atom is 0.235 e. The second-order valence-electron chi connectivity index (χ2n) is 17.3. The van der Waals surface area contributed by atoms with Crippen LogP contribution in [0.1, 0.15) is 25.0 Å². The molecule has 0 amide bonds. The largest absolute Gasteiger partial charge is 0.277 e. The van der Waals surface area contributed by atoms with Crippen molar-refractivity contribution in [1.82, 2.24) is 14.5 Å². The summed E-state index contributed by atoms with van der Waals surface area (Å²) in [6.07, 6.45) is 0. The number of fused-ring (bicyclic) bond motifs is 12. The van der Waals surface area contributed by atoms with Gasteiger partial charge in [0.1, 0.15) is 0 Å². The van der Waals surface area contributed by atoms with Crippen LogP contribution in [0, 0.1) is 0 Å². The topological polar surface area (TPSA) is 30.7 Å². The van der Waals surface area contributed by atoms with E-state index in [1.54, 1.807) is 0 Å². The van der Waals surface area contributed by atoms with Gasteiger partial charge in [0, 0.05) is 38.1 Å². The molecule has 0 unspecified atom stereocenters. The number of benzene rings is 10. The summed E-state index contributed by atoms with van der Waals surface area (Å²) in [5.74, 6) is 0.652. The van der Waals surface area contributed by atoms with Gasteiger partial charge < -0.3 is 0 Å². The highest BCUT2D eigenvalue weighted by Crippen LogP contribution is 2.53. The zero-order chi connectivity index (χ0) is 41.1. The van der Waals surface area contributed by atoms with Crippen molar-refractivity contribution >= 4 is 65.0 Å². The molecule has 0 saturated heterocycles. The zero-order valence-corrected chi connectivity index (χ0v) is 34.4. The van der Waals surface area contributed by atoms with Crippen LogP contribution in [0.25, 0.3) is 116 Å². The van der Waals surface area contributed by atoms with E-state index in [0.29, 0.717) is 5.95 Å². The van der Waals surface area contributed by atoms with Crippen LogP contribution in [-0.4, -0.2) is 14.5 Å². The van der Waals surface area contributed by atoms with Gasteiger partial charge in [-0.05, 0) is 78.0 Å². The minimum absolute atomic E-state index is 0.116. The summed E-state index contributed by atoms with van der Waals surface area (Å²) < 4.78 is 2.35. The maximum absolute atomic E-state index is 5.60. The molecule has 0 spiro atoms. The van der Waals surface area contributed by atoms with Gasteiger partial charge in [0.25, 0.3) is 0 Å². The van der Waals surface area contributed by atoms with Crippen molar-refractivity contribution in [3.63, 3.8) is 0 Å². The lowest BCUT2D eigenvalue weighted by atomic mass is 9.82. The molecule has 13 rings (SSSR count). The molecule has 2 heterocycles. The number of rotatable bonds is 4. The molecular formula is C59H39N3. The van der Waals surface area contributed by atoms with Gasteiger partial charge in [-0.25, -0.2) is 9.97 Å². The van der Waals surface area contributed by atoms with Crippen LogP contribution in [0.15, 0.2) is 200 Å². The van der Waals surface area contributed by atoms with Crippen molar-refractivity contribution < 1.29 is 0 Å². The van der Waals surface area contributed by atoms with E-state index in [4.69, 9.17) is 9.97 Å². The van der Waals surface area contributed by atoms with Crippen LogP contribution in [0.3, 0.4) is 0 Å². The first-order chi connectivity index (χ1) is 30.5. The molecule has 0 atom stereocenters. The van der Waals surface area contributed by atoms with Crippen LogP contribution in [0.2, 0.25) is 0 Å². The first kappa shape index (κ1) is 34.9. The van der Waals surface area contributed by atoms with Crippen LogP contribution in [0.5, 0.6) is 0 Å². The third kappa shape index (κ3) is 5.00. The molecule has 1 aliphatic rings. The summed E-state index contributed by atoms with van der Waals surface area (Å²) in [6, 6.07) is 73.0. The molecule has 0 saturated carbocycles. The van der Waals surface area contributed by atoms with E-state index in [2.05, 4.69) is 219 Å². The quantitative estimate of drug-likeness (QED) is 0.178. The van der Waals surface area contributed by atoms with Crippen molar-refractivity contribution in [2.24, 2.45) is 0 Å². The Bertz CT molecular complexity index is 3830. The smallest absolute Gasteiger partial charge is 0.235 e. The van der Waals surface area contributed by atoms with E-state index < -0.39 is 0 Å². The fraction of sp³-hybridized carbons (Fsp3) is 0.0508. The van der Waals surface area contributed by atoms with Crippen LogP contribution >= 0.6 is 0 Å². The molecule has 62 heavy (non-hydrogen) atoms. The van der Waals surface area contributed by atoms with Gasteiger partial charge in [-0.15, -0.1) is 0 Å². The van der Waals surface area contributed by atoms with Crippen molar-refractivity contribution in [3.8, 4) is 50.6 Å². The van der Waals surface area contributed by atoms with Crippen molar-refractivity contribution in [2.75, 3.05) is 0 Å². The van der Waals surface area contributed by atoms with Gasteiger partial charge in [-0.3, -0.25) is 4.57 Å². The predicted molar refractivity (Wildman–Crippen MR) is 260 cm³/mol. The Morgan fingerprint density at radius 1 is 0.371 bits per heavy atom. The normalized spacial score (nSPS) is 13.1. The molecule has 10 aromatic carbocycles. The Balaban J connectivity index is 1.07. The lowest BCUT2D eigenvalue weighted by molar-refractivity contribution is 0.661. The van der Waals surface area contributed by atoms with E-state index >= 15 is 0 Å². The minimum atomic E-state index is -0.116. The molecule has 12 aromatic rings. The number of hydrogen-bond donors (Lipinski definition) is 0. The number of aromatic nitrogens is 3. The van der Waals surface area contributed by atoms with Crippen LogP contribution in [-0.2, 0) is 5.41 Å². The SMILES string of the molecule is CC1(C)c2ccc(-c3cccc4c5ccc6ccccc6c5n(-c5nc(-c6ccc(-c7cccc8ccccc78)cc6)c6ccccc6n5)c34)cc2-c2c1ccc1ccccc21. The fourth-order valence-corrected chi connectivity index (χ4v) is 10.6. The van der Waals surface area contributed by atoms with Crippen molar-refractivity contribution in [1.29, 1.82) is 0 Å². The van der Waals surface area contributed by atoms with Gasteiger partial charge in [0.15, 0.2) is 0 Å². The predicted octanol–water partition coefficient (Wildman–Crippen LogP) is 15.5. The number of nitrogens with zero attached hydrogens (tertiary/aromatic N) is 3. The van der Waals surface area contributed by atoms with Gasteiger partial charge in [-0.2, -0.15) is 0 Å². The zero-order valence-electron chi connectivity index (χ0n) is 34.4. The summed E-state index contributed by atoms with van der Waals surface area (Å²) in [5.41, 5.74) is 15.1. The molecule has 0 fully saturated rings. The number of hydrogen-bond acceptors (Lipinski definition) is 2. The first-order valence-electron chi connectivity index (χ1n) is 21.5. The highest BCUT2D eigenvalue weighted by Gasteiger charge is 2.36. The molecule has 0 bridgehead atoms. The Kier molecular flexibility index (Phi) is 7.36. The van der Waals surface area contributed by atoms with Gasteiger partial charge in [0.2, 0.25) is 5.95 Å². The lowest BCUT2D eigenvalue weighted by Gasteiger charge is -2.21. The highest BCUT2D eigenvalue weighted by molar-refractivity contribution is 6.21. The van der Waals surface area contributed by atoms with E-state index in [9.17, 15) is 0 Å². The average molecular weight is 790 g/mol. The summed E-state index contributed by atoms with van der Waals surface area (Å²) in [4.78, 5) is 11.0. The van der Waals surface area contributed by atoms with E-state index in [1.165, 1.54) is 82.0 Å². The average Bonchev–Trinajstić information content (AvgIpc) is 3.79. The Morgan fingerprint density at radius 2 is 0.935 bits per heavy atom. The fourth-order valence-electron chi connectivity index (χ4n) is 10.6. The summed E-state index contributed by atoms with van der Waals surface area (Å²) in [6.45, 7) is 4.73.